The first-order valence-corrected chi connectivity index (χ1v) is 6.97. The van der Waals surface area contributed by atoms with E-state index in [-0.39, 0.29) is 0 Å². The van der Waals surface area contributed by atoms with Gasteiger partial charge in [0.25, 0.3) is 0 Å². The van der Waals surface area contributed by atoms with Gasteiger partial charge in [-0.1, -0.05) is 66.2 Å². The Morgan fingerprint density at radius 2 is 1.65 bits per heavy atom. The van der Waals surface area contributed by atoms with Crippen LogP contribution in [0.15, 0.2) is 73.3 Å². The van der Waals surface area contributed by atoms with Crippen molar-refractivity contribution in [2.45, 2.75) is 13.3 Å². The minimum absolute atomic E-state index is 0.903. The van der Waals surface area contributed by atoms with Gasteiger partial charge in [-0.25, -0.2) is 0 Å². The highest BCUT2D eigenvalue weighted by molar-refractivity contribution is 5.90. The average Bonchev–Trinajstić information content (AvgIpc) is 2.48. The molecule has 0 nitrogen and oxygen atoms in total. The van der Waals surface area contributed by atoms with E-state index in [2.05, 4.69) is 74.2 Å². The molecule has 3 aromatic rings. The highest BCUT2D eigenvalue weighted by Crippen LogP contribution is 2.28. The van der Waals surface area contributed by atoms with Crippen molar-refractivity contribution in [2.24, 2.45) is 0 Å². The van der Waals surface area contributed by atoms with E-state index in [1.54, 1.807) is 0 Å². The maximum absolute atomic E-state index is 3.88. The maximum Gasteiger partial charge on any atom is -0.00938 e. The van der Waals surface area contributed by atoms with Crippen LogP contribution >= 0.6 is 0 Å². The van der Waals surface area contributed by atoms with E-state index in [0.29, 0.717) is 0 Å². The Kier molecular flexibility index (Phi) is 3.39. The Hall–Kier alpha value is -2.34. The number of fused-ring (bicyclic) bond motifs is 1. The zero-order valence-electron chi connectivity index (χ0n) is 11.8. The molecule has 0 heteroatoms. The Balaban J connectivity index is 2.21. The Morgan fingerprint density at radius 1 is 0.900 bits per heavy atom. The van der Waals surface area contributed by atoms with Gasteiger partial charge < -0.3 is 0 Å². The molecule has 98 valence electrons. The van der Waals surface area contributed by atoms with E-state index in [0.717, 1.165) is 6.42 Å². The highest BCUT2D eigenvalue weighted by atomic mass is 14.1. The van der Waals surface area contributed by atoms with Crippen LogP contribution in [0.3, 0.4) is 0 Å². The molecule has 3 aromatic carbocycles. The Bertz CT molecular complexity index is 749. The number of rotatable bonds is 3. The lowest BCUT2D eigenvalue weighted by molar-refractivity contribution is 1.31. The van der Waals surface area contributed by atoms with E-state index in [4.69, 9.17) is 0 Å². The van der Waals surface area contributed by atoms with Crippen molar-refractivity contribution in [2.75, 3.05) is 0 Å². The maximum atomic E-state index is 3.88. The number of allylic oxidation sites excluding steroid dienone is 1. The van der Waals surface area contributed by atoms with Gasteiger partial charge in [0, 0.05) is 0 Å². The van der Waals surface area contributed by atoms with Crippen LogP contribution in [-0.4, -0.2) is 0 Å². The molecule has 0 amide bonds. The summed E-state index contributed by atoms with van der Waals surface area (Å²) in [5, 5.41) is 2.62. The summed E-state index contributed by atoms with van der Waals surface area (Å²) in [6.07, 6.45) is 2.88. The molecule has 0 N–H and O–H groups in total. The molecule has 0 atom stereocenters. The van der Waals surface area contributed by atoms with Crippen molar-refractivity contribution in [1.82, 2.24) is 0 Å². The van der Waals surface area contributed by atoms with Gasteiger partial charge in [0.2, 0.25) is 0 Å². The largest absolute Gasteiger partial charge is 0.103 e. The van der Waals surface area contributed by atoms with E-state index >= 15 is 0 Å². The molecule has 0 bridgehead atoms. The quantitative estimate of drug-likeness (QED) is 0.541. The van der Waals surface area contributed by atoms with Gasteiger partial charge in [0.05, 0.1) is 0 Å². The van der Waals surface area contributed by atoms with E-state index in [9.17, 15) is 0 Å². The van der Waals surface area contributed by atoms with Crippen LogP contribution in [0, 0.1) is 6.92 Å². The first-order chi connectivity index (χ1) is 9.78. The average molecular weight is 258 g/mol. The first-order valence-electron chi connectivity index (χ1n) is 6.97. The molecule has 0 heterocycles. The zero-order valence-corrected chi connectivity index (χ0v) is 11.8. The van der Waals surface area contributed by atoms with Crippen LogP contribution in [0.5, 0.6) is 0 Å². The lowest BCUT2D eigenvalue weighted by Gasteiger charge is -2.10. The SMILES string of the molecule is C=CCc1cc(-c2ccc(C)cc2)cc2ccccc12. The van der Waals surface area contributed by atoms with Crippen LogP contribution in [0.4, 0.5) is 0 Å². The van der Waals surface area contributed by atoms with Crippen molar-refractivity contribution in [3.63, 3.8) is 0 Å². The number of benzene rings is 3. The smallest absolute Gasteiger partial charge is 0.00938 e. The third-order valence-electron chi connectivity index (χ3n) is 3.70. The zero-order chi connectivity index (χ0) is 13.9. The predicted octanol–water partition coefficient (Wildman–Crippen LogP) is 5.54. The van der Waals surface area contributed by atoms with Gasteiger partial charge >= 0.3 is 0 Å². The fourth-order valence-electron chi connectivity index (χ4n) is 2.63. The van der Waals surface area contributed by atoms with Gasteiger partial charge in [-0.2, -0.15) is 0 Å². The predicted molar refractivity (Wildman–Crippen MR) is 88.0 cm³/mol. The van der Waals surface area contributed by atoms with E-state index in [1.165, 1.54) is 33.0 Å². The molecule has 0 aliphatic carbocycles. The summed E-state index contributed by atoms with van der Waals surface area (Å²) < 4.78 is 0. The highest BCUT2D eigenvalue weighted by Gasteiger charge is 2.04. The molecule has 0 aromatic heterocycles. The molecule has 20 heavy (non-hydrogen) atoms. The van der Waals surface area contributed by atoms with Crippen LogP contribution in [0.2, 0.25) is 0 Å². The molecule has 0 spiro atoms. The molecule has 0 saturated carbocycles. The number of hydrogen-bond donors (Lipinski definition) is 0. The standard InChI is InChI=1S/C20H18/c1-3-6-17-13-19(16-11-9-15(2)10-12-16)14-18-7-4-5-8-20(17)18/h3-5,7-14H,1,6H2,2H3. The van der Waals surface area contributed by atoms with Crippen molar-refractivity contribution < 1.29 is 0 Å². The Morgan fingerprint density at radius 3 is 2.40 bits per heavy atom. The van der Waals surface area contributed by atoms with Crippen LogP contribution in [-0.2, 0) is 6.42 Å². The topological polar surface area (TPSA) is 0 Å². The number of hydrogen-bond acceptors (Lipinski definition) is 0. The summed E-state index contributed by atoms with van der Waals surface area (Å²) in [7, 11) is 0. The monoisotopic (exact) mass is 258 g/mol. The lowest BCUT2D eigenvalue weighted by Crippen LogP contribution is -1.87. The minimum atomic E-state index is 0.903. The molecule has 0 unspecified atom stereocenters. The Labute approximate surface area is 120 Å². The van der Waals surface area contributed by atoms with Gasteiger partial charge in [0.1, 0.15) is 0 Å². The van der Waals surface area contributed by atoms with Gasteiger partial charge in [-0.05, 0) is 46.9 Å². The van der Waals surface area contributed by atoms with E-state index < -0.39 is 0 Å². The molecular weight excluding hydrogens is 240 g/mol. The fraction of sp³-hybridized carbons (Fsp3) is 0.100. The van der Waals surface area contributed by atoms with Gasteiger partial charge in [0.15, 0.2) is 0 Å². The third-order valence-corrected chi connectivity index (χ3v) is 3.70. The third kappa shape index (κ3) is 2.37. The van der Waals surface area contributed by atoms with Crippen LogP contribution in [0.1, 0.15) is 11.1 Å². The second-order valence-electron chi connectivity index (χ2n) is 5.22. The van der Waals surface area contributed by atoms with Gasteiger partial charge in [-0.15, -0.1) is 6.58 Å². The van der Waals surface area contributed by atoms with Crippen molar-refractivity contribution in [3.05, 3.63) is 84.4 Å². The second-order valence-corrected chi connectivity index (χ2v) is 5.22. The van der Waals surface area contributed by atoms with Crippen molar-refractivity contribution >= 4 is 10.8 Å². The second kappa shape index (κ2) is 5.34. The van der Waals surface area contributed by atoms with Crippen molar-refractivity contribution in [1.29, 1.82) is 0 Å². The molecule has 0 aliphatic heterocycles. The molecule has 0 radical (unpaired) electrons. The summed E-state index contributed by atoms with van der Waals surface area (Å²) >= 11 is 0. The van der Waals surface area contributed by atoms with Gasteiger partial charge in [-0.3, -0.25) is 0 Å². The molecule has 0 fully saturated rings. The summed E-state index contributed by atoms with van der Waals surface area (Å²) in [5.74, 6) is 0. The molecule has 0 aliphatic rings. The molecular formula is C20H18. The first kappa shape index (κ1) is 12.7. The lowest BCUT2D eigenvalue weighted by atomic mass is 9.95. The van der Waals surface area contributed by atoms with Crippen molar-refractivity contribution in [3.8, 4) is 11.1 Å². The molecule has 3 rings (SSSR count). The van der Waals surface area contributed by atoms with Crippen LogP contribution in [0.25, 0.3) is 21.9 Å². The van der Waals surface area contributed by atoms with Crippen LogP contribution < -0.4 is 0 Å². The summed E-state index contributed by atoms with van der Waals surface area (Å²) in [5.41, 5.74) is 5.18. The summed E-state index contributed by atoms with van der Waals surface area (Å²) in [4.78, 5) is 0. The van der Waals surface area contributed by atoms with E-state index in [1.807, 2.05) is 6.08 Å². The molecule has 0 saturated heterocycles. The number of aryl methyl sites for hydroxylation is 1. The summed E-state index contributed by atoms with van der Waals surface area (Å²) in [6.45, 7) is 6.00. The normalized spacial score (nSPS) is 10.7. The summed E-state index contributed by atoms with van der Waals surface area (Å²) in [6, 6.07) is 21.8. The minimum Gasteiger partial charge on any atom is -0.103 e. The fourth-order valence-corrected chi connectivity index (χ4v) is 2.63.